The van der Waals surface area contributed by atoms with Crippen molar-refractivity contribution in [2.45, 2.75) is 52.3 Å². The van der Waals surface area contributed by atoms with Crippen molar-refractivity contribution in [3.63, 3.8) is 0 Å². The van der Waals surface area contributed by atoms with Gasteiger partial charge in [0.25, 0.3) is 0 Å². The van der Waals surface area contributed by atoms with E-state index in [1.807, 2.05) is 25.1 Å². The molecule has 184 valence electrons. The molecule has 0 atom stereocenters. The van der Waals surface area contributed by atoms with Crippen LogP contribution in [0.15, 0.2) is 60.7 Å². The average Bonchev–Trinajstić information content (AvgIpc) is 2.79. The summed E-state index contributed by atoms with van der Waals surface area (Å²) in [6, 6.07) is 15.6. The Balaban J connectivity index is 1.72. The highest BCUT2D eigenvalue weighted by molar-refractivity contribution is 5.96. The van der Waals surface area contributed by atoms with E-state index in [0.717, 1.165) is 28.8 Å². The first kappa shape index (κ1) is 26.0. The molecule has 0 fully saturated rings. The lowest BCUT2D eigenvalue weighted by Gasteiger charge is -2.23. The molecule has 0 heterocycles. The van der Waals surface area contributed by atoms with Gasteiger partial charge in [-0.3, -0.25) is 4.79 Å². The minimum atomic E-state index is -4.38. The van der Waals surface area contributed by atoms with Crippen LogP contribution in [0.25, 0.3) is 11.1 Å². The SMILES string of the molecule is Cc1ccc(-c2ccc(C(F)(F)F)cc2)cc1CCC(=O)c1ccc(OC(C)(C)C(=O)O)c(C)c1. The fourth-order valence-corrected chi connectivity index (χ4v) is 3.62. The van der Waals surface area contributed by atoms with E-state index >= 15 is 0 Å². The molecule has 0 aliphatic rings. The van der Waals surface area contributed by atoms with Crippen LogP contribution < -0.4 is 4.74 Å². The topological polar surface area (TPSA) is 63.6 Å². The number of ether oxygens (including phenoxy) is 1. The molecule has 0 amide bonds. The number of carbonyl (C=O) groups excluding carboxylic acids is 1. The minimum Gasteiger partial charge on any atom is -0.478 e. The van der Waals surface area contributed by atoms with Crippen molar-refractivity contribution in [3.05, 3.63) is 88.5 Å². The van der Waals surface area contributed by atoms with E-state index in [4.69, 9.17) is 4.74 Å². The number of ketones is 1. The molecule has 0 unspecified atom stereocenters. The minimum absolute atomic E-state index is 0.0727. The normalized spacial score (nSPS) is 11.9. The lowest BCUT2D eigenvalue weighted by atomic mass is 9.94. The fourth-order valence-electron chi connectivity index (χ4n) is 3.62. The van der Waals surface area contributed by atoms with Gasteiger partial charge in [-0.15, -0.1) is 0 Å². The number of carbonyl (C=O) groups is 2. The third kappa shape index (κ3) is 6.29. The Hall–Kier alpha value is -3.61. The van der Waals surface area contributed by atoms with Crippen molar-refractivity contribution >= 4 is 11.8 Å². The maximum Gasteiger partial charge on any atom is 0.416 e. The molecule has 3 rings (SSSR count). The van der Waals surface area contributed by atoms with Gasteiger partial charge in [-0.25, -0.2) is 4.79 Å². The van der Waals surface area contributed by atoms with Crippen molar-refractivity contribution in [3.8, 4) is 16.9 Å². The number of benzene rings is 3. The molecule has 0 aromatic heterocycles. The zero-order chi connectivity index (χ0) is 26.0. The summed E-state index contributed by atoms with van der Waals surface area (Å²) in [5, 5.41) is 9.25. The Labute approximate surface area is 202 Å². The van der Waals surface area contributed by atoms with Crippen LogP contribution in [-0.2, 0) is 17.4 Å². The molecule has 35 heavy (non-hydrogen) atoms. The van der Waals surface area contributed by atoms with Crippen LogP contribution in [0.3, 0.4) is 0 Å². The standard InChI is InChI=1S/C28H27F3O4/c1-17-5-6-21(19-7-11-23(12-8-19)28(29,30)31)16-20(17)9-13-24(32)22-10-14-25(18(2)15-22)35-27(3,4)26(33)34/h5-8,10-12,14-16H,9,13H2,1-4H3,(H,33,34). The Kier molecular flexibility index (Phi) is 7.38. The third-order valence-corrected chi connectivity index (χ3v) is 5.89. The molecule has 7 heteroatoms. The van der Waals surface area contributed by atoms with Crippen LogP contribution in [0, 0.1) is 13.8 Å². The number of Topliss-reactive ketones (excluding diaryl/α,β-unsaturated/α-hetero) is 1. The van der Waals surface area contributed by atoms with Crippen molar-refractivity contribution in [1.82, 2.24) is 0 Å². The molecule has 0 radical (unpaired) electrons. The average molecular weight is 485 g/mol. The molecule has 0 aliphatic carbocycles. The molecule has 0 bridgehead atoms. The molecule has 4 nitrogen and oxygen atoms in total. The van der Waals surface area contributed by atoms with Crippen LogP contribution >= 0.6 is 0 Å². The van der Waals surface area contributed by atoms with Crippen LogP contribution in [0.4, 0.5) is 13.2 Å². The lowest BCUT2D eigenvalue weighted by Crippen LogP contribution is -2.38. The predicted molar refractivity (Wildman–Crippen MR) is 128 cm³/mol. The summed E-state index contributed by atoms with van der Waals surface area (Å²) in [7, 11) is 0. The van der Waals surface area contributed by atoms with Gasteiger partial charge in [0.05, 0.1) is 5.56 Å². The third-order valence-electron chi connectivity index (χ3n) is 5.89. The van der Waals surface area contributed by atoms with Crippen LogP contribution in [-0.4, -0.2) is 22.5 Å². The number of aliphatic carboxylic acids is 1. The maximum absolute atomic E-state index is 12.8. The van der Waals surface area contributed by atoms with Crippen molar-refractivity contribution in [2.75, 3.05) is 0 Å². The summed E-state index contributed by atoms with van der Waals surface area (Å²) in [5.74, 6) is -0.767. The zero-order valence-electron chi connectivity index (χ0n) is 20.0. The number of hydrogen-bond acceptors (Lipinski definition) is 3. The van der Waals surface area contributed by atoms with E-state index in [2.05, 4.69) is 0 Å². The quantitative estimate of drug-likeness (QED) is 0.348. The Bertz CT molecular complexity index is 1240. The maximum atomic E-state index is 12.8. The molecule has 3 aromatic carbocycles. The van der Waals surface area contributed by atoms with Gasteiger partial charge in [0.15, 0.2) is 11.4 Å². The molecule has 0 saturated heterocycles. The van der Waals surface area contributed by atoms with Crippen LogP contribution in [0.5, 0.6) is 5.75 Å². The second-order valence-electron chi connectivity index (χ2n) is 9.04. The highest BCUT2D eigenvalue weighted by Gasteiger charge is 2.30. The van der Waals surface area contributed by atoms with Crippen molar-refractivity contribution in [2.24, 2.45) is 0 Å². The fraction of sp³-hybridized carbons (Fsp3) is 0.286. The van der Waals surface area contributed by atoms with Crippen LogP contribution in [0.2, 0.25) is 0 Å². The molecule has 0 spiro atoms. The lowest BCUT2D eigenvalue weighted by molar-refractivity contribution is -0.152. The zero-order valence-corrected chi connectivity index (χ0v) is 20.0. The Morgan fingerprint density at radius 1 is 0.857 bits per heavy atom. The monoisotopic (exact) mass is 484 g/mol. The molecular weight excluding hydrogens is 457 g/mol. The number of carboxylic acids is 1. The number of carboxylic acid groups (broad SMARTS) is 1. The Morgan fingerprint density at radius 3 is 2.06 bits per heavy atom. The molecule has 0 saturated carbocycles. The van der Waals surface area contributed by atoms with Gasteiger partial charge in [-0.1, -0.05) is 30.3 Å². The first-order valence-corrected chi connectivity index (χ1v) is 11.1. The first-order chi connectivity index (χ1) is 16.3. The molecule has 3 aromatic rings. The smallest absolute Gasteiger partial charge is 0.416 e. The molecule has 1 N–H and O–H groups in total. The number of rotatable bonds is 8. The van der Waals surface area contributed by atoms with Gasteiger partial charge < -0.3 is 9.84 Å². The summed E-state index contributed by atoms with van der Waals surface area (Å²) in [5.41, 5.74) is 2.44. The van der Waals surface area contributed by atoms with E-state index in [1.165, 1.54) is 26.0 Å². The van der Waals surface area contributed by atoms with Gasteiger partial charge in [-0.05, 0) is 92.3 Å². The van der Waals surface area contributed by atoms with E-state index < -0.39 is 23.3 Å². The van der Waals surface area contributed by atoms with E-state index in [1.54, 1.807) is 25.1 Å². The van der Waals surface area contributed by atoms with Gasteiger partial charge in [0.1, 0.15) is 5.75 Å². The number of halogens is 3. The largest absolute Gasteiger partial charge is 0.478 e. The predicted octanol–water partition coefficient (Wildman–Crippen LogP) is 7.05. The number of alkyl halides is 3. The van der Waals surface area contributed by atoms with Gasteiger partial charge in [0, 0.05) is 12.0 Å². The summed E-state index contributed by atoms with van der Waals surface area (Å²) in [6.07, 6.45) is -3.66. The first-order valence-electron chi connectivity index (χ1n) is 11.1. The summed E-state index contributed by atoms with van der Waals surface area (Å²) in [4.78, 5) is 24.1. The van der Waals surface area contributed by atoms with Crippen LogP contribution in [0.1, 0.15) is 52.9 Å². The number of hydrogen-bond donors (Lipinski definition) is 1. The second-order valence-corrected chi connectivity index (χ2v) is 9.04. The molecular formula is C28H27F3O4. The number of aryl methyl sites for hydroxylation is 3. The summed E-state index contributed by atoms with van der Waals surface area (Å²) in [6.45, 7) is 6.59. The Morgan fingerprint density at radius 2 is 1.49 bits per heavy atom. The van der Waals surface area contributed by atoms with Gasteiger partial charge in [0.2, 0.25) is 0 Å². The second kappa shape index (κ2) is 9.94. The van der Waals surface area contributed by atoms with E-state index in [-0.39, 0.29) is 12.2 Å². The van der Waals surface area contributed by atoms with Crippen molar-refractivity contribution in [1.29, 1.82) is 0 Å². The van der Waals surface area contributed by atoms with Gasteiger partial charge in [-0.2, -0.15) is 13.2 Å². The van der Waals surface area contributed by atoms with E-state index in [0.29, 0.717) is 28.9 Å². The van der Waals surface area contributed by atoms with Gasteiger partial charge >= 0.3 is 12.1 Å². The summed E-state index contributed by atoms with van der Waals surface area (Å²) >= 11 is 0. The summed E-state index contributed by atoms with van der Waals surface area (Å²) < 4.78 is 44.1. The highest BCUT2D eigenvalue weighted by atomic mass is 19.4. The highest BCUT2D eigenvalue weighted by Crippen LogP contribution is 2.32. The van der Waals surface area contributed by atoms with Crippen molar-refractivity contribution < 1.29 is 32.6 Å². The molecule has 0 aliphatic heterocycles. The van der Waals surface area contributed by atoms with E-state index in [9.17, 15) is 27.9 Å².